The van der Waals surface area contributed by atoms with Crippen LogP contribution in [0.5, 0.6) is 11.5 Å². The van der Waals surface area contributed by atoms with Crippen LogP contribution >= 0.6 is 0 Å². The Kier molecular flexibility index (Phi) is 3.22. The molecule has 1 aromatic carbocycles. The van der Waals surface area contributed by atoms with Crippen LogP contribution in [0.25, 0.3) is 0 Å². The van der Waals surface area contributed by atoms with Crippen molar-refractivity contribution < 1.29 is 19.4 Å². The van der Waals surface area contributed by atoms with Crippen molar-refractivity contribution in [1.82, 2.24) is 0 Å². The highest BCUT2D eigenvalue weighted by Crippen LogP contribution is 2.45. The van der Waals surface area contributed by atoms with Crippen molar-refractivity contribution in [3.05, 3.63) is 23.3 Å². The van der Waals surface area contributed by atoms with Gasteiger partial charge in [0.25, 0.3) is 0 Å². The van der Waals surface area contributed by atoms with E-state index >= 15 is 0 Å². The van der Waals surface area contributed by atoms with E-state index in [4.69, 9.17) is 14.6 Å². The van der Waals surface area contributed by atoms with Gasteiger partial charge in [0.2, 0.25) is 0 Å². The standard InChI is InChI=1S/C13H16O4/c1-16-10-5-6-11(17-2)13-8(7-12(14)15)3-4-9(10)13/h5-6,8H,3-4,7H2,1-2H3,(H,14,15). The van der Waals surface area contributed by atoms with E-state index in [1.165, 1.54) is 0 Å². The molecule has 1 unspecified atom stereocenters. The van der Waals surface area contributed by atoms with Gasteiger partial charge in [-0.3, -0.25) is 4.79 Å². The fourth-order valence-corrected chi connectivity index (χ4v) is 2.58. The molecule has 1 aliphatic rings. The molecule has 0 bridgehead atoms. The summed E-state index contributed by atoms with van der Waals surface area (Å²) >= 11 is 0. The molecule has 0 aromatic heterocycles. The summed E-state index contributed by atoms with van der Waals surface area (Å²) in [6, 6.07) is 3.72. The number of fused-ring (bicyclic) bond motifs is 1. The molecular weight excluding hydrogens is 220 g/mol. The number of methoxy groups -OCH3 is 2. The van der Waals surface area contributed by atoms with Gasteiger partial charge in [0.1, 0.15) is 11.5 Å². The van der Waals surface area contributed by atoms with E-state index in [1.807, 2.05) is 12.1 Å². The van der Waals surface area contributed by atoms with E-state index in [0.717, 1.165) is 35.5 Å². The Bertz CT molecular complexity index is 439. The van der Waals surface area contributed by atoms with Crippen molar-refractivity contribution in [2.75, 3.05) is 14.2 Å². The number of hydrogen-bond acceptors (Lipinski definition) is 3. The van der Waals surface area contributed by atoms with Crippen molar-refractivity contribution in [2.45, 2.75) is 25.2 Å². The molecule has 0 saturated carbocycles. The van der Waals surface area contributed by atoms with Crippen LogP contribution in [0.15, 0.2) is 12.1 Å². The van der Waals surface area contributed by atoms with Crippen LogP contribution in [0, 0.1) is 0 Å². The summed E-state index contributed by atoms with van der Waals surface area (Å²) in [5.41, 5.74) is 2.10. The van der Waals surface area contributed by atoms with Crippen molar-refractivity contribution in [3.8, 4) is 11.5 Å². The summed E-state index contributed by atoms with van der Waals surface area (Å²) in [5, 5.41) is 8.92. The molecule has 1 atom stereocenters. The van der Waals surface area contributed by atoms with Crippen LogP contribution in [0.3, 0.4) is 0 Å². The first-order valence-electron chi connectivity index (χ1n) is 5.63. The number of carbonyl (C=O) groups is 1. The zero-order chi connectivity index (χ0) is 12.4. The topological polar surface area (TPSA) is 55.8 Å². The van der Waals surface area contributed by atoms with Crippen LogP contribution in [0.2, 0.25) is 0 Å². The molecule has 1 aliphatic carbocycles. The molecule has 1 aromatic rings. The van der Waals surface area contributed by atoms with Gasteiger partial charge in [0.15, 0.2) is 0 Å². The first kappa shape index (κ1) is 11.8. The van der Waals surface area contributed by atoms with E-state index in [2.05, 4.69) is 0 Å². The summed E-state index contributed by atoms with van der Waals surface area (Å²) in [4.78, 5) is 10.8. The zero-order valence-corrected chi connectivity index (χ0v) is 10.0. The largest absolute Gasteiger partial charge is 0.496 e. The third-order valence-corrected chi connectivity index (χ3v) is 3.29. The molecule has 0 saturated heterocycles. The number of rotatable bonds is 4. The second kappa shape index (κ2) is 4.65. The lowest BCUT2D eigenvalue weighted by molar-refractivity contribution is -0.137. The molecule has 0 spiro atoms. The zero-order valence-electron chi connectivity index (χ0n) is 10.0. The van der Waals surface area contributed by atoms with Gasteiger partial charge in [-0.15, -0.1) is 0 Å². The molecule has 0 amide bonds. The van der Waals surface area contributed by atoms with Gasteiger partial charge in [0.05, 0.1) is 20.6 Å². The quantitative estimate of drug-likeness (QED) is 0.870. The number of benzene rings is 1. The maximum absolute atomic E-state index is 10.8. The highest BCUT2D eigenvalue weighted by molar-refractivity contribution is 5.69. The predicted octanol–water partition coefficient (Wildman–Crippen LogP) is 2.21. The fourth-order valence-electron chi connectivity index (χ4n) is 2.58. The Balaban J connectivity index is 2.44. The predicted molar refractivity (Wildman–Crippen MR) is 62.9 cm³/mol. The first-order valence-corrected chi connectivity index (χ1v) is 5.63. The summed E-state index contributed by atoms with van der Waals surface area (Å²) < 4.78 is 10.6. The molecule has 1 N–H and O–H groups in total. The Morgan fingerprint density at radius 2 is 2.00 bits per heavy atom. The average molecular weight is 236 g/mol. The molecule has 2 rings (SSSR count). The van der Waals surface area contributed by atoms with Crippen molar-refractivity contribution in [2.24, 2.45) is 0 Å². The molecule has 0 heterocycles. The second-order valence-corrected chi connectivity index (χ2v) is 4.20. The Morgan fingerprint density at radius 1 is 1.35 bits per heavy atom. The molecule has 4 nitrogen and oxygen atoms in total. The van der Waals surface area contributed by atoms with E-state index in [0.29, 0.717) is 0 Å². The van der Waals surface area contributed by atoms with Crippen molar-refractivity contribution in [3.63, 3.8) is 0 Å². The van der Waals surface area contributed by atoms with E-state index < -0.39 is 5.97 Å². The SMILES string of the molecule is COc1ccc(OC)c2c1CCC2CC(=O)O. The Morgan fingerprint density at radius 3 is 2.59 bits per heavy atom. The molecule has 0 fully saturated rings. The lowest BCUT2D eigenvalue weighted by Gasteiger charge is -2.15. The van der Waals surface area contributed by atoms with Gasteiger partial charge in [-0.05, 0) is 30.9 Å². The van der Waals surface area contributed by atoms with Gasteiger partial charge >= 0.3 is 5.97 Å². The fraction of sp³-hybridized carbons (Fsp3) is 0.462. The minimum absolute atomic E-state index is 0.0348. The van der Waals surface area contributed by atoms with Gasteiger partial charge in [-0.2, -0.15) is 0 Å². The number of carboxylic acid groups (broad SMARTS) is 1. The summed E-state index contributed by atoms with van der Waals surface area (Å²) in [5.74, 6) is 0.860. The molecule has 0 aliphatic heterocycles. The number of carboxylic acids is 1. The lowest BCUT2D eigenvalue weighted by atomic mass is 9.96. The normalized spacial score (nSPS) is 17.6. The molecule has 0 radical (unpaired) electrons. The number of hydrogen-bond donors (Lipinski definition) is 1. The highest BCUT2D eigenvalue weighted by atomic mass is 16.5. The van der Waals surface area contributed by atoms with Crippen LogP contribution < -0.4 is 9.47 Å². The summed E-state index contributed by atoms with van der Waals surface area (Å²) in [6.07, 6.45) is 1.85. The lowest BCUT2D eigenvalue weighted by Crippen LogP contribution is -2.05. The third kappa shape index (κ3) is 2.07. The minimum Gasteiger partial charge on any atom is -0.496 e. The van der Waals surface area contributed by atoms with Crippen LogP contribution in [0.4, 0.5) is 0 Å². The van der Waals surface area contributed by atoms with Crippen LogP contribution in [0.1, 0.15) is 29.9 Å². The monoisotopic (exact) mass is 236 g/mol. The average Bonchev–Trinajstić information content (AvgIpc) is 2.71. The van der Waals surface area contributed by atoms with Gasteiger partial charge in [-0.1, -0.05) is 0 Å². The molecule has 17 heavy (non-hydrogen) atoms. The molecule has 4 heteroatoms. The highest BCUT2D eigenvalue weighted by Gasteiger charge is 2.30. The summed E-state index contributed by atoms with van der Waals surface area (Å²) in [7, 11) is 3.24. The maximum Gasteiger partial charge on any atom is 0.303 e. The van der Waals surface area contributed by atoms with E-state index in [9.17, 15) is 4.79 Å². The van der Waals surface area contributed by atoms with Crippen LogP contribution in [-0.2, 0) is 11.2 Å². The number of ether oxygens (including phenoxy) is 2. The second-order valence-electron chi connectivity index (χ2n) is 4.20. The van der Waals surface area contributed by atoms with Gasteiger partial charge in [-0.25, -0.2) is 0 Å². The molecular formula is C13H16O4. The van der Waals surface area contributed by atoms with Crippen LogP contribution in [-0.4, -0.2) is 25.3 Å². The van der Waals surface area contributed by atoms with Gasteiger partial charge < -0.3 is 14.6 Å². The van der Waals surface area contributed by atoms with Crippen molar-refractivity contribution >= 4 is 5.97 Å². The van der Waals surface area contributed by atoms with Gasteiger partial charge in [0, 0.05) is 11.1 Å². The smallest absolute Gasteiger partial charge is 0.303 e. The minimum atomic E-state index is -0.771. The third-order valence-electron chi connectivity index (χ3n) is 3.29. The Labute approximate surface area is 100 Å². The van der Waals surface area contributed by atoms with Crippen molar-refractivity contribution in [1.29, 1.82) is 0 Å². The van der Waals surface area contributed by atoms with E-state index in [-0.39, 0.29) is 12.3 Å². The summed E-state index contributed by atoms with van der Waals surface area (Å²) in [6.45, 7) is 0. The maximum atomic E-state index is 10.8. The Hall–Kier alpha value is -1.71. The van der Waals surface area contributed by atoms with E-state index in [1.54, 1.807) is 14.2 Å². The first-order chi connectivity index (χ1) is 8.17. The molecule has 92 valence electrons. The number of aliphatic carboxylic acids is 1.